The van der Waals surface area contributed by atoms with Crippen LogP contribution in [0.5, 0.6) is 0 Å². The van der Waals surface area contributed by atoms with Crippen molar-refractivity contribution in [3.05, 3.63) is 40.8 Å². The quantitative estimate of drug-likeness (QED) is 0.877. The van der Waals surface area contributed by atoms with Gasteiger partial charge in [-0.3, -0.25) is 4.79 Å². The highest BCUT2D eigenvalue weighted by molar-refractivity contribution is 9.10. The highest BCUT2D eigenvalue weighted by Gasteiger charge is 2.16. The van der Waals surface area contributed by atoms with E-state index in [0.29, 0.717) is 23.7 Å². The molecule has 1 aliphatic carbocycles. The maximum absolute atomic E-state index is 12.2. The summed E-state index contributed by atoms with van der Waals surface area (Å²) in [5.41, 5.74) is 1.10. The smallest absolute Gasteiger partial charge is 0.256 e. The third-order valence-electron chi connectivity index (χ3n) is 3.50. The Morgan fingerprint density at radius 1 is 1.45 bits per heavy atom. The number of hydrogen-bond donors (Lipinski definition) is 1. The molecule has 1 unspecified atom stereocenters. The van der Waals surface area contributed by atoms with E-state index in [0.717, 1.165) is 23.7 Å². The second-order valence-electron chi connectivity index (χ2n) is 4.96. The first-order chi connectivity index (χ1) is 9.74. The molecule has 20 heavy (non-hydrogen) atoms. The van der Waals surface area contributed by atoms with E-state index in [2.05, 4.69) is 43.5 Å². The third-order valence-corrected chi connectivity index (χ3v) is 3.91. The van der Waals surface area contributed by atoms with Gasteiger partial charge in [0.15, 0.2) is 5.65 Å². The number of rotatable bonds is 3. The van der Waals surface area contributed by atoms with Gasteiger partial charge in [0.05, 0.1) is 10.7 Å². The first kappa shape index (κ1) is 13.3. The summed E-state index contributed by atoms with van der Waals surface area (Å²) in [7, 11) is 0. The van der Waals surface area contributed by atoms with Crippen LogP contribution < -0.4 is 5.32 Å². The van der Waals surface area contributed by atoms with Crippen molar-refractivity contribution in [3.63, 3.8) is 0 Å². The van der Waals surface area contributed by atoms with Crippen molar-refractivity contribution in [2.45, 2.75) is 19.3 Å². The van der Waals surface area contributed by atoms with E-state index in [-0.39, 0.29) is 5.91 Å². The zero-order chi connectivity index (χ0) is 13.9. The Hall–Kier alpha value is -1.69. The van der Waals surface area contributed by atoms with Gasteiger partial charge in [-0.25, -0.2) is 9.50 Å². The van der Waals surface area contributed by atoms with Crippen molar-refractivity contribution in [3.8, 4) is 0 Å². The number of allylic oxidation sites excluding steroid dienone is 2. The Labute approximate surface area is 125 Å². The van der Waals surface area contributed by atoms with Crippen molar-refractivity contribution in [2.75, 3.05) is 6.54 Å². The SMILES string of the molecule is O=C(NCC1CC=CCC1)c1cnn2cc(Br)cnc12. The number of nitrogens with zero attached hydrogens (tertiary/aromatic N) is 3. The molecule has 0 saturated carbocycles. The highest BCUT2D eigenvalue weighted by atomic mass is 79.9. The van der Waals surface area contributed by atoms with E-state index in [9.17, 15) is 4.79 Å². The summed E-state index contributed by atoms with van der Waals surface area (Å²) >= 11 is 3.33. The summed E-state index contributed by atoms with van der Waals surface area (Å²) in [5.74, 6) is 0.428. The topological polar surface area (TPSA) is 59.3 Å². The molecule has 1 N–H and O–H groups in total. The van der Waals surface area contributed by atoms with Gasteiger partial charge >= 0.3 is 0 Å². The Morgan fingerprint density at radius 2 is 2.35 bits per heavy atom. The van der Waals surface area contributed by atoms with E-state index in [1.165, 1.54) is 0 Å². The molecule has 0 fully saturated rings. The molecule has 1 amide bonds. The molecule has 0 radical (unpaired) electrons. The standard InChI is InChI=1S/C14H15BrN4O/c15-11-7-16-13-12(8-18-19(13)9-11)14(20)17-6-10-4-2-1-3-5-10/h1-2,7-10H,3-6H2,(H,17,20). The van der Waals surface area contributed by atoms with E-state index < -0.39 is 0 Å². The lowest BCUT2D eigenvalue weighted by molar-refractivity contribution is 0.0947. The fourth-order valence-corrected chi connectivity index (χ4v) is 2.68. The fourth-order valence-electron chi connectivity index (χ4n) is 2.39. The predicted molar refractivity (Wildman–Crippen MR) is 79.5 cm³/mol. The minimum absolute atomic E-state index is 0.107. The second kappa shape index (κ2) is 5.75. The number of amides is 1. The van der Waals surface area contributed by atoms with Gasteiger partial charge in [0.1, 0.15) is 5.56 Å². The summed E-state index contributed by atoms with van der Waals surface area (Å²) in [5, 5.41) is 7.13. The van der Waals surface area contributed by atoms with Crippen molar-refractivity contribution in [1.82, 2.24) is 19.9 Å². The van der Waals surface area contributed by atoms with Crippen LogP contribution >= 0.6 is 15.9 Å². The molecule has 104 valence electrons. The fraction of sp³-hybridized carbons (Fsp3) is 0.357. The van der Waals surface area contributed by atoms with Crippen molar-refractivity contribution in [2.24, 2.45) is 5.92 Å². The Balaban J connectivity index is 1.70. The highest BCUT2D eigenvalue weighted by Crippen LogP contribution is 2.17. The Bertz CT molecular complexity index is 664. The molecule has 0 spiro atoms. The van der Waals surface area contributed by atoms with Gasteiger partial charge in [-0.2, -0.15) is 5.10 Å². The number of aromatic nitrogens is 3. The molecule has 6 heteroatoms. The third kappa shape index (κ3) is 2.75. The number of nitrogens with one attached hydrogen (secondary N) is 1. The molecule has 5 nitrogen and oxygen atoms in total. The van der Waals surface area contributed by atoms with E-state index in [1.807, 2.05) is 0 Å². The molecular formula is C14H15BrN4O. The molecule has 2 aromatic rings. The van der Waals surface area contributed by atoms with Gasteiger partial charge in [0.2, 0.25) is 0 Å². The summed E-state index contributed by atoms with van der Waals surface area (Å²) in [4.78, 5) is 16.5. The maximum atomic E-state index is 12.2. The molecule has 2 aromatic heterocycles. The monoisotopic (exact) mass is 334 g/mol. The van der Waals surface area contributed by atoms with Crippen LogP contribution in [0.4, 0.5) is 0 Å². The number of carbonyl (C=O) groups is 1. The Morgan fingerprint density at radius 3 is 3.15 bits per heavy atom. The number of fused-ring (bicyclic) bond motifs is 1. The second-order valence-corrected chi connectivity index (χ2v) is 5.87. The molecular weight excluding hydrogens is 320 g/mol. The first-order valence-electron chi connectivity index (χ1n) is 6.66. The zero-order valence-electron chi connectivity index (χ0n) is 10.9. The number of halogens is 1. The van der Waals surface area contributed by atoms with Crippen molar-refractivity contribution < 1.29 is 4.79 Å². The van der Waals surface area contributed by atoms with Gasteiger partial charge in [-0.1, -0.05) is 12.2 Å². The zero-order valence-corrected chi connectivity index (χ0v) is 12.5. The van der Waals surface area contributed by atoms with E-state index >= 15 is 0 Å². The number of carbonyl (C=O) groups excluding carboxylic acids is 1. The molecule has 1 atom stereocenters. The van der Waals surface area contributed by atoms with Crippen LogP contribution in [0.25, 0.3) is 5.65 Å². The van der Waals surface area contributed by atoms with Gasteiger partial charge in [-0.05, 0) is 41.1 Å². The molecule has 0 saturated heterocycles. The van der Waals surface area contributed by atoms with Crippen molar-refractivity contribution >= 4 is 27.5 Å². The molecule has 3 rings (SSSR count). The van der Waals surface area contributed by atoms with Crippen LogP contribution in [-0.2, 0) is 0 Å². The van der Waals surface area contributed by atoms with Crippen molar-refractivity contribution in [1.29, 1.82) is 0 Å². The summed E-state index contributed by atoms with van der Waals surface area (Å²) in [6.45, 7) is 0.705. The minimum Gasteiger partial charge on any atom is -0.352 e. The van der Waals surface area contributed by atoms with E-state index in [1.54, 1.807) is 23.1 Å². The lowest BCUT2D eigenvalue weighted by Gasteiger charge is -2.17. The van der Waals surface area contributed by atoms with Crippen LogP contribution in [0.1, 0.15) is 29.6 Å². The molecule has 0 aromatic carbocycles. The first-order valence-corrected chi connectivity index (χ1v) is 7.45. The molecule has 0 aliphatic heterocycles. The van der Waals surface area contributed by atoms with Gasteiger partial charge in [0, 0.05) is 18.9 Å². The van der Waals surface area contributed by atoms with Crippen LogP contribution in [-0.4, -0.2) is 27.0 Å². The summed E-state index contributed by atoms with van der Waals surface area (Å²) < 4.78 is 2.43. The average molecular weight is 335 g/mol. The molecule has 1 aliphatic rings. The lowest BCUT2D eigenvalue weighted by atomic mass is 9.94. The van der Waals surface area contributed by atoms with E-state index in [4.69, 9.17) is 0 Å². The van der Waals surface area contributed by atoms with Gasteiger partial charge < -0.3 is 5.32 Å². The lowest BCUT2D eigenvalue weighted by Crippen LogP contribution is -2.29. The molecule has 0 bridgehead atoms. The summed E-state index contributed by atoms with van der Waals surface area (Å²) in [6, 6.07) is 0. The summed E-state index contributed by atoms with van der Waals surface area (Å²) in [6.07, 6.45) is 12.7. The van der Waals surface area contributed by atoms with Crippen LogP contribution in [0, 0.1) is 5.92 Å². The minimum atomic E-state index is -0.107. The largest absolute Gasteiger partial charge is 0.352 e. The number of hydrogen-bond acceptors (Lipinski definition) is 3. The van der Waals surface area contributed by atoms with Crippen LogP contribution in [0.3, 0.4) is 0 Å². The maximum Gasteiger partial charge on any atom is 0.256 e. The van der Waals surface area contributed by atoms with Gasteiger partial charge in [0.25, 0.3) is 5.91 Å². The normalized spacial score (nSPS) is 18.4. The molecule has 2 heterocycles. The van der Waals surface area contributed by atoms with Crippen LogP contribution in [0.2, 0.25) is 0 Å². The average Bonchev–Trinajstić information content (AvgIpc) is 2.89. The van der Waals surface area contributed by atoms with Gasteiger partial charge in [-0.15, -0.1) is 0 Å². The Kier molecular flexibility index (Phi) is 3.82. The van der Waals surface area contributed by atoms with Crippen LogP contribution in [0.15, 0.2) is 35.2 Å². The predicted octanol–water partition coefficient (Wildman–Crippen LogP) is 2.58.